The van der Waals surface area contributed by atoms with Gasteiger partial charge in [-0.2, -0.15) is 0 Å². The fraction of sp³-hybridized carbons (Fsp3) is 0.462. The largest absolute Gasteiger partial charge is 0.493 e. The molecule has 3 rings (SSSR count). The summed E-state index contributed by atoms with van der Waals surface area (Å²) in [7, 11) is 0. The van der Waals surface area contributed by atoms with Crippen molar-refractivity contribution in [1.29, 1.82) is 0 Å². The summed E-state index contributed by atoms with van der Waals surface area (Å²) in [5.41, 5.74) is 15.6. The summed E-state index contributed by atoms with van der Waals surface area (Å²) in [5, 5.41) is 0. The Labute approximate surface area is 170 Å². The van der Waals surface area contributed by atoms with Crippen LogP contribution in [-0.4, -0.2) is 13.2 Å². The lowest BCUT2D eigenvalue weighted by atomic mass is 9.87. The van der Waals surface area contributed by atoms with E-state index in [1.807, 2.05) is 0 Å². The molecule has 2 N–H and O–H groups in total. The van der Waals surface area contributed by atoms with E-state index in [1.54, 1.807) is 0 Å². The fourth-order valence-electron chi connectivity index (χ4n) is 4.19. The predicted octanol–water partition coefficient (Wildman–Crippen LogP) is 6.13. The van der Waals surface area contributed by atoms with Gasteiger partial charge in [-0.05, 0) is 110 Å². The molecule has 0 bridgehead atoms. The summed E-state index contributed by atoms with van der Waals surface area (Å²) in [6.45, 7) is 10.4. The molecule has 150 valence electrons. The van der Waals surface area contributed by atoms with Gasteiger partial charge in [0.2, 0.25) is 0 Å². The lowest BCUT2D eigenvalue weighted by Gasteiger charge is -2.18. The van der Waals surface area contributed by atoms with Crippen molar-refractivity contribution in [3.63, 3.8) is 0 Å². The minimum atomic E-state index is 0.537. The molecular weight excluding hydrogens is 342 g/mol. The number of hydrogen-bond donors (Lipinski definition) is 1. The zero-order valence-corrected chi connectivity index (χ0v) is 18.0. The standard InChI is InChI=1S/C26H35NO/c1-5-21(14-15-27)17-28-23-12-10-22(11-13-23)25-9-7-6-8-24-20(4)19(3)18(2)16-26(24)25/h9-13,16,21H,5-8,14-15,17,27H2,1-4H3/t21-/m1/s1. The van der Waals surface area contributed by atoms with Gasteiger partial charge in [-0.25, -0.2) is 0 Å². The third-order valence-electron chi connectivity index (χ3n) is 6.37. The molecule has 1 atom stereocenters. The first-order valence-electron chi connectivity index (χ1n) is 10.8. The summed E-state index contributed by atoms with van der Waals surface area (Å²) < 4.78 is 6.03. The first-order valence-corrected chi connectivity index (χ1v) is 10.8. The van der Waals surface area contributed by atoms with Gasteiger partial charge in [-0.3, -0.25) is 0 Å². The van der Waals surface area contributed by atoms with Crippen molar-refractivity contribution < 1.29 is 4.74 Å². The van der Waals surface area contributed by atoms with Gasteiger partial charge >= 0.3 is 0 Å². The molecule has 0 spiro atoms. The minimum Gasteiger partial charge on any atom is -0.493 e. The number of benzene rings is 2. The Bertz CT molecular complexity index is 833. The van der Waals surface area contributed by atoms with Crippen LogP contribution >= 0.6 is 0 Å². The molecule has 0 aliphatic heterocycles. The second kappa shape index (κ2) is 9.43. The number of hydrogen-bond acceptors (Lipinski definition) is 2. The number of nitrogens with two attached hydrogens (primary N) is 1. The molecule has 1 aliphatic rings. The highest BCUT2D eigenvalue weighted by Gasteiger charge is 2.17. The van der Waals surface area contributed by atoms with Crippen LogP contribution in [0.5, 0.6) is 5.75 Å². The van der Waals surface area contributed by atoms with Crippen molar-refractivity contribution in [1.82, 2.24) is 0 Å². The Morgan fingerprint density at radius 1 is 1.07 bits per heavy atom. The van der Waals surface area contributed by atoms with E-state index in [1.165, 1.54) is 51.8 Å². The second-order valence-corrected chi connectivity index (χ2v) is 8.17. The number of aryl methyl sites for hydroxylation is 1. The van der Waals surface area contributed by atoms with Gasteiger partial charge in [0, 0.05) is 0 Å². The summed E-state index contributed by atoms with van der Waals surface area (Å²) in [5.74, 6) is 1.49. The first kappa shape index (κ1) is 20.7. The lowest BCUT2D eigenvalue weighted by molar-refractivity contribution is 0.238. The van der Waals surface area contributed by atoms with Gasteiger partial charge in [0.25, 0.3) is 0 Å². The maximum Gasteiger partial charge on any atom is 0.119 e. The van der Waals surface area contributed by atoms with E-state index in [4.69, 9.17) is 10.5 Å². The number of ether oxygens (including phenoxy) is 1. The van der Waals surface area contributed by atoms with Gasteiger partial charge in [-0.15, -0.1) is 0 Å². The van der Waals surface area contributed by atoms with Crippen molar-refractivity contribution in [3.05, 3.63) is 69.8 Å². The molecule has 0 radical (unpaired) electrons. The quantitative estimate of drug-likeness (QED) is 0.629. The Morgan fingerprint density at radius 3 is 2.50 bits per heavy atom. The molecule has 2 heteroatoms. The molecule has 0 fully saturated rings. The maximum absolute atomic E-state index is 6.03. The van der Waals surface area contributed by atoms with E-state index in [9.17, 15) is 0 Å². The Kier molecular flexibility index (Phi) is 6.96. The number of rotatable bonds is 7. The highest BCUT2D eigenvalue weighted by molar-refractivity contribution is 5.83. The Morgan fingerprint density at radius 2 is 1.82 bits per heavy atom. The van der Waals surface area contributed by atoms with E-state index < -0.39 is 0 Å². The van der Waals surface area contributed by atoms with Crippen LogP contribution in [0.2, 0.25) is 0 Å². The van der Waals surface area contributed by atoms with Gasteiger partial charge < -0.3 is 10.5 Å². The summed E-state index contributed by atoms with van der Waals surface area (Å²) in [6.07, 6.45) is 8.08. The van der Waals surface area contributed by atoms with Gasteiger partial charge in [0.05, 0.1) is 6.61 Å². The van der Waals surface area contributed by atoms with Crippen LogP contribution in [-0.2, 0) is 6.42 Å². The van der Waals surface area contributed by atoms with Crippen LogP contribution in [0.3, 0.4) is 0 Å². The molecule has 2 aromatic carbocycles. The van der Waals surface area contributed by atoms with E-state index in [2.05, 4.69) is 64.1 Å². The molecule has 2 nitrogen and oxygen atoms in total. The monoisotopic (exact) mass is 377 g/mol. The molecule has 28 heavy (non-hydrogen) atoms. The van der Waals surface area contributed by atoms with Gasteiger partial charge in [0.15, 0.2) is 0 Å². The predicted molar refractivity (Wildman–Crippen MR) is 120 cm³/mol. The van der Waals surface area contributed by atoms with E-state index >= 15 is 0 Å². The van der Waals surface area contributed by atoms with Crippen LogP contribution in [0, 0.1) is 26.7 Å². The van der Waals surface area contributed by atoms with Crippen molar-refractivity contribution >= 4 is 5.57 Å². The van der Waals surface area contributed by atoms with Gasteiger partial charge in [0.1, 0.15) is 5.75 Å². The number of allylic oxidation sites excluding steroid dienone is 1. The lowest BCUT2D eigenvalue weighted by Crippen LogP contribution is -2.15. The molecule has 0 saturated carbocycles. The first-order chi connectivity index (χ1) is 13.5. The van der Waals surface area contributed by atoms with Crippen molar-refractivity contribution in [2.24, 2.45) is 11.7 Å². The van der Waals surface area contributed by atoms with E-state index in [-0.39, 0.29) is 0 Å². The molecular formula is C26H35NO. The molecule has 1 aliphatic carbocycles. The summed E-state index contributed by atoms with van der Waals surface area (Å²) >= 11 is 0. The van der Waals surface area contributed by atoms with Crippen molar-refractivity contribution in [2.45, 2.75) is 59.8 Å². The van der Waals surface area contributed by atoms with Crippen molar-refractivity contribution in [2.75, 3.05) is 13.2 Å². The molecule has 0 saturated heterocycles. The zero-order chi connectivity index (χ0) is 20.1. The normalized spacial score (nSPS) is 14.8. The van der Waals surface area contributed by atoms with Crippen molar-refractivity contribution in [3.8, 4) is 5.75 Å². The third-order valence-corrected chi connectivity index (χ3v) is 6.37. The molecule has 0 unspecified atom stereocenters. The maximum atomic E-state index is 6.03. The minimum absolute atomic E-state index is 0.537. The Balaban J connectivity index is 1.84. The van der Waals surface area contributed by atoms with Crippen LogP contribution in [0.1, 0.15) is 66.0 Å². The molecule has 2 aromatic rings. The van der Waals surface area contributed by atoms with Crippen LogP contribution < -0.4 is 10.5 Å². The topological polar surface area (TPSA) is 35.2 Å². The van der Waals surface area contributed by atoms with Crippen LogP contribution in [0.4, 0.5) is 0 Å². The SMILES string of the molecule is CC[C@H](CCN)COc1ccc(C2=CCCCc3c2cc(C)c(C)c3C)cc1. The average molecular weight is 378 g/mol. The fourth-order valence-corrected chi connectivity index (χ4v) is 4.19. The van der Waals surface area contributed by atoms with E-state index in [0.717, 1.165) is 38.2 Å². The third kappa shape index (κ3) is 4.50. The van der Waals surface area contributed by atoms with Crippen LogP contribution in [0.25, 0.3) is 5.57 Å². The molecule has 0 amide bonds. The highest BCUT2D eigenvalue weighted by atomic mass is 16.5. The van der Waals surface area contributed by atoms with E-state index in [0.29, 0.717) is 5.92 Å². The smallest absolute Gasteiger partial charge is 0.119 e. The number of fused-ring (bicyclic) bond motifs is 1. The molecule has 0 heterocycles. The summed E-state index contributed by atoms with van der Waals surface area (Å²) in [6, 6.07) is 11.0. The van der Waals surface area contributed by atoms with Gasteiger partial charge in [-0.1, -0.05) is 37.6 Å². The Hall–Kier alpha value is -2.06. The van der Waals surface area contributed by atoms with Crippen LogP contribution in [0.15, 0.2) is 36.4 Å². The second-order valence-electron chi connectivity index (χ2n) is 8.17. The average Bonchev–Trinajstić information content (AvgIpc) is 2.92. The molecule has 0 aromatic heterocycles. The highest BCUT2D eigenvalue weighted by Crippen LogP contribution is 2.35. The zero-order valence-electron chi connectivity index (χ0n) is 18.0. The summed E-state index contributed by atoms with van der Waals surface area (Å²) in [4.78, 5) is 0.